The number of rotatable bonds is 10. The molecule has 0 saturated carbocycles. The molecule has 0 aliphatic carbocycles. The van der Waals surface area contributed by atoms with Crippen LogP contribution in [0, 0.1) is 10.8 Å². The molecule has 96 valence electrons. The SMILES string of the molecule is CCC(=O)CC(CC(=O)CC)C(=O)CNN=O. The molecule has 0 amide bonds. The van der Waals surface area contributed by atoms with Crippen molar-refractivity contribution in [2.75, 3.05) is 6.54 Å². The third-order valence-electron chi connectivity index (χ3n) is 2.51. The van der Waals surface area contributed by atoms with Crippen molar-refractivity contribution >= 4 is 17.3 Å². The fourth-order valence-electron chi connectivity index (χ4n) is 1.39. The molecule has 0 rings (SSSR count). The minimum absolute atomic E-state index is 0.0572. The van der Waals surface area contributed by atoms with E-state index in [-0.39, 0.29) is 36.7 Å². The maximum Gasteiger partial charge on any atom is 0.157 e. The maximum absolute atomic E-state index is 11.6. The molecule has 17 heavy (non-hydrogen) atoms. The van der Waals surface area contributed by atoms with Gasteiger partial charge in [-0.3, -0.25) is 19.8 Å². The lowest BCUT2D eigenvalue weighted by Crippen LogP contribution is -2.28. The molecule has 1 N–H and O–H groups in total. The van der Waals surface area contributed by atoms with Crippen LogP contribution in [0.15, 0.2) is 5.29 Å². The summed E-state index contributed by atoms with van der Waals surface area (Å²) >= 11 is 0. The standard InChI is InChI=1S/C11H18N2O4/c1-3-9(14)5-8(6-10(15)4-2)11(16)7-12-13-17/h8H,3-7H2,1-2H3,(H,12,17). The number of ketones is 3. The van der Waals surface area contributed by atoms with E-state index in [0.717, 1.165) is 0 Å². The van der Waals surface area contributed by atoms with E-state index in [1.54, 1.807) is 13.8 Å². The second kappa shape index (κ2) is 8.55. The number of nitroso groups, excluding NO2 is 1. The summed E-state index contributed by atoms with van der Waals surface area (Å²) in [7, 11) is 0. The number of carbonyl (C=O) groups is 3. The van der Waals surface area contributed by atoms with Gasteiger partial charge in [0, 0.05) is 31.6 Å². The Hall–Kier alpha value is -1.59. The highest BCUT2D eigenvalue weighted by Gasteiger charge is 2.23. The largest absolute Gasteiger partial charge is 0.300 e. The topological polar surface area (TPSA) is 92.7 Å². The van der Waals surface area contributed by atoms with E-state index in [2.05, 4.69) is 5.29 Å². The second-order valence-corrected chi connectivity index (χ2v) is 3.78. The number of nitrogens with one attached hydrogen (secondary N) is 1. The van der Waals surface area contributed by atoms with Crippen molar-refractivity contribution in [2.24, 2.45) is 11.2 Å². The maximum atomic E-state index is 11.6. The van der Waals surface area contributed by atoms with E-state index >= 15 is 0 Å². The second-order valence-electron chi connectivity index (χ2n) is 3.78. The molecule has 0 aliphatic rings. The van der Waals surface area contributed by atoms with Gasteiger partial charge in [0.05, 0.1) is 11.8 Å². The zero-order valence-corrected chi connectivity index (χ0v) is 10.2. The molecule has 6 nitrogen and oxygen atoms in total. The van der Waals surface area contributed by atoms with Crippen LogP contribution in [0.5, 0.6) is 0 Å². The summed E-state index contributed by atoms with van der Waals surface area (Å²) in [4.78, 5) is 44.1. The van der Waals surface area contributed by atoms with Gasteiger partial charge in [-0.1, -0.05) is 13.8 Å². The van der Waals surface area contributed by atoms with Crippen molar-refractivity contribution in [1.82, 2.24) is 5.43 Å². The number of nitrogens with zero attached hydrogens (tertiary/aromatic N) is 1. The van der Waals surface area contributed by atoms with Crippen LogP contribution in [-0.4, -0.2) is 23.9 Å². The summed E-state index contributed by atoms with van der Waals surface area (Å²) in [6.07, 6.45) is 0.788. The van der Waals surface area contributed by atoms with Crippen molar-refractivity contribution in [1.29, 1.82) is 0 Å². The monoisotopic (exact) mass is 242 g/mol. The van der Waals surface area contributed by atoms with Gasteiger partial charge in [-0.05, 0) is 0 Å². The first-order valence-electron chi connectivity index (χ1n) is 5.66. The van der Waals surface area contributed by atoms with Crippen molar-refractivity contribution in [3.63, 3.8) is 0 Å². The number of carbonyl (C=O) groups excluding carboxylic acids is 3. The van der Waals surface area contributed by atoms with Crippen molar-refractivity contribution < 1.29 is 14.4 Å². The highest BCUT2D eigenvalue weighted by molar-refractivity contribution is 5.92. The third-order valence-corrected chi connectivity index (χ3v) is 2.51. The predicted molar refractivity (Wildman–Crippen MR) is 62.1 cm³/mol. The van der Waals surface area contributed by atoms with Crippen LogP contribution in [0.3, 0.4) is 0 Å². The van der Waals surface area contributed by atoms with Crippen LogP contribution in [-0.2, 0) is 14.4 Å². The summed E-state index contributed by atoms with van der Waals surface area (Å²) in [6.45, 7) is 3.18. The third kappa shape index (κ3) is 6.55. The number of hydrogen-bond donors (Lipinski definition) is 1. The molecule has 0 spiro atoms. The fraction of sp³-hybridized carbons (Fsp3) is 0.727. The van der Waals surface area contributed by atoms with E-state index in [9.17, 15) is 19.3 Å². The van der Waals surface area contributed by atoms with Gasteiger partial charge < -0.3 is 0 Å². The van der Waals surface area contributed by atoms with Crippen molar-refractivity contribution in [3.8, 4) is 0 Å². The molecule has 0 aliphatic heterocycles. The van der Waals surface area contributed by atoms with Crippen LogP contribution in [0.1, 0.15) is 39.5 Å². The average Bonchev–Trinajstić information content (AvgIpc) is 2.34. The Labute approximate surface area is 100 Å². The van der Waals surface area contributed by atoms with E-state index in [1.165, 1.54) is 0 Å². The molecular formula is C11H18N2O4. The first-order chi connectivity index (χ1) is 8.04. The molecule has 0 unspecified atom stereocenters. The molecule has 0 bridgehead atoms. The van der Waals surface area contributed by atoms with Gasteiger partial charge in [0.1, 0.15) is 11.6 Å². The van der Waals surface area contributed by atoms with Crippen LogP contribution in [0.4, 0.5) is 0 Å². The smallest absolute Gasteiger partial charge is 0.157 e. The van der Waals surface area contributed by atoms with Crippen LogP contribution in [0.25, 0.3) is 0 Å². The normalized spacial score (nSPS) is 10.1. The van der Waals surface area contributed by atoms with Crippen LogP contribution >= 0.6 is 0 Å². The van der Waals surface area contributed by atoms with Gasteiger partial charge in [0.15, 0.2) is 5.78 Å². The zero-order chi connectivity index (χ0) is 13.3. The van der Waals surface area contributed by atoms with Crippen molar-refractivity contribution in [2.45, 2.75) is 39.5 Å². The number of Topliss-reactive ketones (excluding diaryl/α,β-unsaturated/α-hetero) is 3. The van der Waals surface area contributed by atoms with Gasteiger partial charge in [-0.2, -0.15) is 0 Å². The molecule has 0 saturated heterocycles. The average molecular weight is 242 g/mol. The lowest BCUT2D eigenvalue weighted by Gasteiger charge is -2.13. The van der Waals surface area contributed by atoms with Crippen LogP contribution < -0.4 is 5.43 Å². The number of hydrogen-bond acceptors (Lipinski definition) is 5. The van der Waals surface area contributed by atoms with E-state index in [0.29, 0.717) is 12.8 Å². The zero-order valence-electron chi connectivity index (χ0n) is 10.2. The van der Waals surface area contributed by atoms with Gasteiger partial charge in [0.2, 0.25) is 0 Å². The lowest BCUT2D eigenvalue weighted by atomic mass is 9.91. The first kappa shape index (κ1) is 15.4. The Morgan fingerprint density at radius 1 is 1.06 bits per heavy atom. The highest BCUT2D eigenvalue weighted by Crippen LogP contribution is 2.13. The molecule has 0 aromatic rings. The summed E-state index contributed by atoms with van der Waals surface area (Å²) in [5, 5.41) is 2.37. The highest BCUT2D eigenvalue weighted by atomic mass is 16.3. The van der Waals surface area contributed by atoms with Gasteiger partial charge in [-0.15, -0.1) is 4.91 Å². The van der Waals surface area contributed by atoms with E-state index < -0.39 is 5.92 Å². The summed E-state index contributed by atoms with van der Waals surface area (Å²) in [5.74, 6) is -1.09. The first-order valence-corrected chi connectivity index (χ1v) is 5.66. The lowest BCUT2D eigenvalue weighted by molar-refractivity contribution is -0.130. The molecular weight excluding hydrogens is 224 g/mol. The molecule has 6 heteroatoms. The van der Waals surface area contributed by atoms with Gasteiger partial charge in [0.25, 0.3) is 0 Å². The summed E-state index contributed by atoms with van der Waals surface area (Å²) < 4.78 is 0. The van der Waals surface area contributed by atoms with Gasteiger partial charge >= 0.3 is 0 Å². The molecule has 0 radical (unpaired) electrons. The Morgan fingerprint density at radius 3 is 1.88 bits per heavy atom. The fourth-order valence-corrected chi connectivity index (χ4v) is 1.39. The quantitative estimate of drug-likeness (QED) is 0.458. The Balaban J connectivity index is 4.47. The summed E-state index contributed by atoms with van der Waals surface area (Å²) in [5.41, 5.74) is 2.01. The molecule has 0 aromatic carbocycles. The Morgan fingerprint density at radius 2 is 1.53 bits per heavy atom. The minimum Gasteiger partial charge on any atom is -0.300 e. The van der Waals surface area contributed by atoms with Crippen LogP contribution in [0.2, 0.25) is 0 Å². The molecule has 0 heterocycles. The van der Waals surface area contributed by atoms with E-state index in [1.807, 2.05) is 5.43 Å². The van der Waals surface area contributed by atoms with Crippen molar-refractivity contribution in [3.05, 3.63) is 4.91 Å². The van der Waals surface area contributed by atoms with Gasteiger partial charge in [-0.25, -0.2) is 0 Å². The predicted octanol–water partition coefficient (Wildman–Crippen LogP) is 1.18. The minimum atomic E-state index is -0.635. The molecule has 0 aromatic heterocycles. The molecule has 0 fully saturated rings. The Bertz CT molecular complexity index is 284. The van der Waals surface area contributed by atoms with E-state index in [4.69, 9.17) is 0 Å². The summed E-state index contributed by atoms with van der Waals surface area (Å²) in [6, 6.07) is 0. The molecule has 0 atom stereocenters. The Kier molecular flexibility index (Phi) is 7.75.